The molecule has 17 heavy (non-hydrogen) atoms. The molecule has 2 heterocycles. The van der Waals surface area contributed by atoms with Gasteiger partial charge < -0.3 is 10.4 Å². The molecule has 0 bridgehead atoms. The molecule has 0 saturated carbocycles. The first-order chi connectivity index (χ1) is 8.24. The predicted molar refractivity (Wildman–Crippen MR) is 67.8 cm³/mol. The van der Waals surface area contributed by atoms with Gasteiger partial charge in [0.1, 0.15) is 0 Å². The molecule has 2 aliphatic rings. The Labute approximate surface area is 102 Å². The molecule has 0 spiro atoms. The monoisotopic (exact) mass is 232 g/mol. The van der Waals surface area contributed by atoms with Crippen LogP contribution in [0.1, 0.15) is 18.1 Å². The molecule has 0 radical (unpaired) electrons. The van der Waals surface area contributed by atoms with Gasteiger partial charge in [-0.25, -0.2) is 0 Å². The van der Waals surface area contributed by atoms with Crippen LogP contribution in [0.2, 0.25) is 0 Å². The smallest absolute Gasteiger partial charge is 0.0677 e. The lowest BCUT2D eigenvalue weighted by Gasteiger charge is -2.44. The Hall–Kier alpha value is -0.900. The van der Waals surface area contributed by atoms with Gasteiger partial charge in [-0.15, -0.1) is 0 Å². The van der Waals surface area contributed by atoms with Gasteiger partial charge in [0.2, 0.25) is 0 Å². The second-order valence-corrected chi connectivity index (χ2v) is 5.31. The van der Waals surface area contributed by atoms with Gasteiger partial charge in [0.05, 0.1) is 6.10 Å². The number of hydrogen-bond acceptors (Lipinski definition) is 3. The normalized spacial score (nSPS) is 30.5. The number of aliphatic hydroxyl groups excluding tert-OH is 1. The molecule has 2 N–H and O–H groups in total. The summed E-state index contributed by atoms with van der Waals surface area (Å²) in [6.45, 7) is 4.85. The van der Waals surface area contributed by atoms with Crippen molar-refractivity contribution in [2.75, 3.05) is 13.1 Å². The van der Waals surface area contributed by atoms with Crippen LogP contribution >= 0.6 is 0 Å². The number of piperazine rings is 1. The molecule has 3 atom stereocenters. The molecule has 0 unspecified atom stereocenters. The van der Waals surface area contributed by atoms with Crippen LogP contribution in [0, 0.1) is 0 Å². The van der Waals surface area contributed by atoms with Crippen molar-refractivity contribution in [2.24, 2.45) is 0 Å². The summed E-state index contributed by atoms with van der Waals surface area (Å²) < 4.78 is 0. The summed E-state index contributed by atoms with van der Waals surface area (Å²) in [5.74, 6) is 0. The molecule has 1 fully saturated rings. The minimum absolute atomic E-state index is 0.219. The van der Waals surface area contributed by atoms with Crippen molar-refractivity contribution in [1.29, 1.82) is 0 Å². The maximum Gasteiger partial charge on any atom is 0.0677 e. The number of nitrogens with one attached hydrogen (secondary N) is 1. The molecule has 2 aliphatic heterocycles. The molecule has 0 aliphatic carbocycles. The van der Waals surface area contributed by atoms with Gasteiger partial charge in [-0.3, -0.25) is 4.90 Å². The van der Waals surface area contributed by atoms with E-state index in [4.69, 9.17) is 0 Å². The van der Waals surface area contributed by atoms with Gasteiger partial charge >= 0.3 is 0 Å². The molecule has 0 aromatic heterocycles. The number of benzene rings is 1. The van der Waals surface area contributed by atoms with E-state index >= 15 is 0 Å². The van der Waals surface area contributed by atoms with Crippen LogP contribution < -0.4 is 5.32 Å². The Kier molecular flexibility index (Phi) is 2.90. The van der Waals surface area contributed by atoms with Crippen molar-refractivity contribution >= 4 is 0 Å². The average Bonchev–Trinajstić information content (AvgIpc) is 2.35. The second-order valence-electron chi connectivity index (χ2n) is 5.31. The number of rotatable bonds is 1. The van der Waals surface area contributed by atoms with Crippen LogP contribution in [0.15, 0.2) is 24.3 Å². The van der Waals surface area contributed by atoms with Gasteiger partial charge in [-0.2, -0.15) is 0 Å². The van der Waals surface area contributed by atoms with Crippen LogP contribution in [-0.4, -0.2) is 41.3 Å². The highest BCUT2D eigenvalue weighted by molar-refractivity contribution is 5.30. The topological polar surface area (TPSA) is 35.5 Å². The van der Waals surface area contributed by atoms with Gasteiger partial charge in [0, 0.05) is 31.7 Å². The highest BCUT2D eigenvalue weighted by Crippen LogP contribution is 2.25. The summed E-state index contributed by atoms with van der Waals surface area (Å²) in [4.78, 5) is 2.51. The van der Waals surface area contributed by atoms with Crippen molar-refractivity contribution in [3.63, 3.8) is 0 Å². The van der Waals surface area contributed by atoms with Gasteiger partial charge in [0.15, 0.2) is 0 Å². The minimum Gasteiger partial charge on any atom is -0.392 e. The van der Waals surface area contributed by atoms with Gasteiger partial charge in [0.25, 0.3) is 0 Å². The van der Waals surface area contributed by atoms with Crippen molar-refractivity contribution in [3.8, 4) is 0 Å². The van der Waals surface area contributed by atoms with Crippen molar-refractivity contribution in [1.82, 2.24) is 10.2 Å². The number of fused-ring (bicyclic) bond motifs is 2. The molecule has 1 aromatic carbocycles. The standard InChI is InChI=1S/C14H20N2O/c1-10(17)14-9-16-8-12-5-3-2-4-11(12)6-13(16)7-15-14/h2-5,10,13-15,17H,6-9H2,1H3/t10-,13-,14-/m0/s1. The zero-order chi connectivity index (χ0) is 11.8. The van der Waals surface area contributed by atoms with Crippen LogP contribution in [0.5, 0.6) is 0 Å². The lowest BCUT2D eigenvalue weighted by atomic mass is 9.91. The number of aliphatic hydroxyl groups is 1. The SMILES string of the molecule is C[C@H](O)[C@@H]1CN2Cc3ccccc3C[C@H]2CN1. The molecular weight excluding hydrogens is 212 g/mol. The predicted octanol–water partition coefficient (Wildman–Crippen LogP) is 0.766. The van der Waals surface area contributed by atoms with E-state index in [0.29, 0.717) is 6.04 Å². The van der Waals surface area contributed by atoms with E-state index in [1.54, 1.807) is 0 Å². The third-order valence-electron chi connectivity index (χ3n) is 4.09. The van der Waals surface area contributed by atoms with Crippen LogP contribution in [0.4, 0.5) is 0 Å². The fourth-order valence-corrected chi connectivity index (χ4v) is 2.98. The second kappa shape index (κ2) is 4.41. The molecule has 3 heteroatoms. The molecule has 92 valence electrons. The molecule has 0 amide bonds. The Balaban J connectivity index is 1.78. The summed E-state index contributed by atoms with van der Waals surface area (Å²) in [6.07, 6.45) is 0.864. The summed E-state index contributed by atoms with van der Waals surface area (Å²) in [5, 5.41) is 13.1. The van der Waals surface area contributed by atoms with Crippen molar-refractivity contribution < 1.29 is 5.11 Å². The highest BCUT2D eigenvalue weighted by atomic mass is 16.3. The first-order valence-electron chi connectivity index (χ1n) is 6.46. The molecular formula is C14H20N2O. The van der Waals surface area contributed by atoms with E-state index in [1.165, 1.54) is 11.1 Å². The third-order valence-corrected chi connectivity index (χ3v) is 4.09. The van der Waals surface area contributed by atoms with Crippen molar-refractivity contribution in [2.45, 2.75) is 38.1 Å². The molecule has 3 rings (SSSR count). The van der Waals surface area contributed by atoms with E-state index in [2.05, 4.69) is 34.5 Å². The van der Waals surface area contributed by atoms with E-state index < -0.39 is 0 Å². The van der Waals surface area contributed by atoms with Crippen molar-refractivity contribution in [3.05, 3.63) is 35.4 Å². The molecule has 1 saturated heterocycles. The van der Waals surface area contributed by atoms with E-state index in [0.717, 1.165) is 26.1 Å². The lowest BCUT2D eigenvalue weighted by molar-refractivity contribution is 0.0523. The number of nitrogens with zero attached hydrogens (tertiary/aromatic N) is 1. The maximum atomic E-state index is 9.67. The van der Waals surface area contributed by atoms with E-state index in [-0.39, 0.29) is 12.1 Å². The summed E-state index contributed by atoms with van der Waals surface area (Å²) in [5.41, 5.74) is 2.95. The van der Waals surface area contributed by atoms with Crippen LogP contribution in [0.25, 0.3) is 0 Å². The maximum absolute atomic E-state index is 9.67. The fraction of sp³-hybridized carbons (Fsp3) is 0.571. The van der Waals surface area contributed by atoms with Crippen LogP contribution in [0.3, 0.4) is 0 Å². The Morgan fingerprint density at radius 2 is 2.12 bits per heavy atom. The quantitative estimate of drug-likeness (QED) is 0.750. The summed E-state index contributed by atoms with van der Waals surface area (Å²) in [6, 6.07) is 9.53. The lowest BCUT2D eigenvalue weighted by Crippen LogP contribution is -2.60. The third kappa shape index (κ3) is 2.10. The first-order valence-corrected chi connectivity index (χ1v) is 6.46. The zero-order valence-electron chi connectivity index (χ0n) is 10.3. The van der Waals surface area contributed by atoms with Gasteiger partial charge in [-0.1, -0.05) is 24.3 Å². The Morgan fingerprint density at radius 1 is 1.35 bits per heavy atom. The molecule has 1 aromatic rings. The zero-order valence-corrected chi connectivity index (χ0v) is 10.3. The average molecular weight is 232 g/mol. The summed E-state index contributed by atoms with van der Waals surface area (Å²) in [7, 11) is 0. The van der Waals surface area contributed by atoms with E-state index in [9.17, 15) is 5.11 Å². The largest absolute Gasteiger partial charge is 0.392 e. The highest BCUT2D eigenvalue weighted by Gasteiger charge is 2.33. The molecule has 3 nitrogen and oxygen atoms in total. The first kappa shape index (κ1) is 11.2. The van der Waals surface area contributed by atoms with Crippen LogP contribution in [-0.2, 0) is 13.0 Å². The Morgan fingerprint density at radius 3 is 2.88 bits per heavy atom. The fourth-order valence-electron chi connectivity index (χ4n) is 2.98. The minimum atomic E-state index is -0.270. The van der Waals surface area contributed by atoms with E-state index in [1.807, 2.05) is 6.92 Å². The number of hydrogen-bond donors (Lipinski definition) is 2. The Bertz CT molecular complexity index is 405. The van der Waals surface area contributed by atoms with Gasteiger partial charge in [-0.05, 0) is 24.5 Å². The summed E-state index contributed by atoms with van der Waals surface area (Å²) >= 11 is 0.